The van der Waals surface area contributed by atoms with Crippen LogP contribution in [0.2, 0.25) is 0 Å². The quantitative estimate of drug-likeness (QED) is 0.402. The zero-order valence-corrected chi connectivity index (χ0v) is 19.3. The topological polar surface area (TPSA) is 82.1 Å². The minimum atomic E-state index is -4.26. The van der Waals surface area contributed by atoms with Gasteiger partial charge in [0.25, 0.3) is 0 Å². The Morgan fingerprint density at radius 3 is 1.88 bits per heavy atom. The molecule has 0 spiro atoms. The molecule has 0 bridgehead atoms. The highest BCUT2D eigenvalue weighted by Crippen LogP contribution is 2.57. The van der Waals surface area contributed by atoms with E-state index in [4.69, 9.17) is 13.6 Å². The molecule has 2 aromatic rings. The van der Waals surface area contributed by atoms with Gasteiger partial charge in [0.05, 0.1) is 12.0 Å². The van der Waals surface area contributed by atoms with Gasteiger partial charge in [0.15, 0.2) is 5.78 Å². The second kappa shape index (κ2) is 8.47. The van der Waals surface area contributed by atoms with Crippen LogP contribution in [0, 0.1) is 17.8 Å². The number of benzene rings is 2. The highest BCUT2D eigenvalue weighted by atomic mass is 31.2. The van der Waals surface area contributed by atoms with E-state index in [1.54, 1.807) is 60.7 Å². The maximum Gasteiger partial charge on any atom is 0.646 e. The van der Waals surface area contributed by atoms with Crippen molar-refractivity contribution < 1.29 is 27.7 Å². The van der Waals surface area contributed by atoms with Crippen LogP contribution in [0.5, 0.6) is 11.5 Å². The predicted octanol–water partition coefficient (Wildman–Crippen LogP) is 5.20. The molecule has 0 aliphatic carbocycles. The normalized spacial score (nSPS) is 22.5. The summed E-state index contributed by atoms with van der Waals surface area (Å²) in [5.41, 5.74) is 0.123. The average Bonchev–Trinajstić information content (AvgIpc) is 2.97. The summed E-state index contributed by atoms with van der Waals surface area (Å²) in [5.74, 6) is -0.181. The third kappa shape index (κ3) is 3.93. The van der Waals surface area contributed by atoms with Gasteiger partial charge in [-0.05, 0) is 30.2 Å². The van der Waals surface area contributed by atoms with E-state index in [1.165, 1.54) is 11.8 Å². The molecule has 0 radical (unpaired) electrons. The van der Waals surface area contributed by atoms with Crippen molar-refractivity contribution in [2.45, 2.75) is 33.7 Å². The largest absolute Gasteiger partial charge is 0.646 e. The second-order valence-corrected chi connectivity index (χ2v) is 9.82. The first kappa shape index (κ1) is 22.2. The van der Waals surface area contributed by atoms with Gasteiger partial charge in [0.1, 0.15) is 23.0 Å². The number of allylic oxidation sites excluding steroid dienone is 1. The molecule has 2 aliphatic rings. The van der Waals surface area contributed by atoms with E-state index in [9.17, 15) is 14.2 Å². The first-order chi connectivity index (χ1) is 15.2. The summed E-state index contributed by atoms with van der Waals surface area (Å²) in [4.78, 5) is 26.8. The van der Waals surface area contributed by atoms with Crippen molar-refractivity contribution in [1.29, 1.82) is 0 Å². The van der Waals surface area contributed by atoms with Crippen molar-refractivity contribution in [1.82, 2.24) is 4.90 Å². The van der Waals surface area contributed by atoms with Crippen molar-refractivity contribution in [2.24, 2.45) is 17.8 Å². The van der Waals surface area contributed by atoms with E-state index in [1.807, 2.05) is 20.8 Å². The summed E-state index contributed by atoms with van der Waals surface area (Å²) < 4.78 is 31.2. The predicted molar refractivity (Wildman–Crippen MR) is 119 cm³/mol. The van der Waals surface area contributed by atoms with Crippen molar-refractivity contribution in [2.75, 3.05) is 0 Å². The summed E-state index contributed by atoms with van der Waals surface area (Å²) in [6.07, 6.45) is 0. The van der Waals surface area contributed by atoms with Gasteiger partial charge in [-0.15, -0.1) is 0 Å². The highest BCUT2D eigenvalue weighted by molar-refractivity contribution is 7.49. The number of nitrogens with zero attached hydrogens (tertiary/aromatic N) is 1. The number of hydrogen-bond donors (Lipinski definition) is 0. The standard InChI is InChI=1S/C24H26NO6P/c1-15(2)20-21-16(3)23(22(17(4)26)25(21)24(20)27)31-32(28,29-18-11-7-5-8-12-18)30-19-13-9-6-10-14-19/h5-16,20-21H,1-4H3/t16-,20-,21-/m1/s1. The Labute approximate surface area is 187 Å². The number of amides is 1. The van der Waals surface area contributed by atoms with E-state index < -0.39 is 7.82 Å². The van der Waals surface area contributed by atoms with Crippen molar-refractivity contribution in [3.63, 3.8) is 0 Å². The van der Waals surface area contributed by atoms with Gasteiger partial charge >= 0.3 is 7.82 Å². The zero-order valence-electron chi connectivity index (χ0n) is 18.4. The number of Topliss-reactive ketones (excluding diaryl/α,β-unsaturated/α-hetero) is 1. The Bertz CT molecular complexity index is 1050. The van der Waals surface area contributed by atoms with Gasteiger partial charge in [0, 0.05) is 12.8 Å². The molecule has 3 atom stereocenters. The summed E-state index contributed by atoms with van der Waals surface area (Å²) in [6.45, 7) is 7.17. The number of ketones is 1. The molecule has 0 saturated carbocycles. The smallest absolute Gasteiger partial charge is 0.388 e. The first-order valence-corrected chi connectivity index (χ1v) is 12.0. The van der Waals surface area contributed by atoms with Gasteiger partial charge < -0.3 is 18.5 Å². The monoisotopic (exact) mass is 455 g/mol. The fourth-order valence-electron chi connectivity index (χ4n) is 4.36. The zero-order chi connectivity index (χ0) is 23.0. The average molecular weight is 455 g/mol. The number of phosphoric acid groups is 1. The molecular weight excluding hydrogens is 429 g/mol. The first-order valence-electron chi connectivity index (χ1n) is 10.6. The van der Waals surface area contributed by atoms with Crippen molar-refractivity contribution >= 4 is 19.5 Å². The molecule has 2 aliphatic heterocycles. The van der Waals surface area contributed by atoms with Gasteiger partial charge in [-0.2, -0.15) is 4.57 Å². The van der Waals surface area contributed by atoms with Crippen LogP contribution in [-0.2, 0) is 18.7 Å². The summed E-state index contributed by atoms with van der Waals surface area (Å²) in [5, 5.41) is 0. The van der Waals surface area contributed by atoms with Gasteiger partial charge in [0.2, 0.25) is 5.91 Å². The van der Waals surface area contributed by atoms with E-state index in [0.717, 1.165) is 0 Å². The van der Waals surface area contributed by atoms with Crippen LogP contribution >= 0.6 is 7.82 Å². The Hall–Kier alpha value is -3.05. The lowest BCUT2D eigenvalue weighted by molar-refractivity contribution is -0.157. The number of rotatable bonds is 8. The Morgan fingerprint density at radius 1 is 0.938 bits per heavy atom. The van der Waals surface area contributed by atoms with E-state index in [-0.39, 0.29) is 46.9 Å². The Kier molecular flexibility index (Phi) is 5.87. The van der Waals surface area contributed by atoms with Crippen LogP contribution in [0.4, 0.5) is 0 Å². The van der Waals surface area contributed by atoms with Gasteiger partial charge in [-0.25, -0.2) is 0 Å². The maximum atomic E-state index is 13.8. The lowest BCUT2D eigenvalue weighted by atomic mass is 9.75. The minimum Gasteiger partial charge on any atom is -0.388 e. The van der Waals surface area contributed by atoms with E-state index >= 15 is 0 Å². The number of fused-ring (bicyclic) bond motifs is 1. The number of para-hydroxylation sites is 2. The maximum absolute atomic E-state index is 13.8. The number of carbonyl (C=O) groups is 2. The molecule has 1 fully saturated rings. The molecule has 168 valence electrons. The second-order valence-electron chi connectivity index (χ2n) is 8.37. The molecule has 7 nitrogen and oxygen atoms in total. The van der Waals surface area contributed by atoms with Crippen molar-refractivity contribution in [3.05, 3.63) is 72.1 Å². The number of carbonyl (C=O) groups excluding carboxylic acids is 2. The van der Waals surface area contributed by atoms with Crippen LogP contribution in [0.15, 0.2) is 72.1 Å². The molecule has 1 amide bonds. The molecule has 0 aromatic heterocycles. The van der Waals surface area contributed by atoms with Crippen LogP contribution in [0.25, 0.3) is 0 Å². The highest BCUT2D eigenvalue weighted by Gasteiger charge is 2.60. The molecule has 0 N–H and O–H groups in total. The summed E-state index contributed by atoms with van der Waals surface area (Å²) in [6, 6.07) is 16.8. The number of hydrogen-bond acceptors (Lipinski definition) is 6. The molecule has 2 aromatic carbocycles. The van der Waals surface area contributed by atoms with Gasteiger partial charge in [-0.3, -0.25) is 9.59 Å². The molecule has 1 saturated heterocycles. The molecule has 4 rings (SSSR count). The third-order valence-electron chi connectivity index (χ3n) is 5.77. The number of phosphoric ester groups is 1. The fourth-order valence-corrected chi connectivity index (χ4v) is 5.73. The molecule has 32 heavy (non-hydrogen) atoms. The summed E-state index contributed by atoms with van der Waals surface area (Å²) in [7, 11) is -4.26. The third-order valence-corrected chi connectivity index (χ3v) is 7.06. The van der Waals surface area contributed by atoms with Crippen LogP contribution < -0.4 is 9.05 Å². The van der Waals surface area contributed by atoms with Crippen LogP contribution in [0.3, 0.4) is 0 Å². The number of β-lactam (4-membered cyclic amide) rings is 1. The summed E-state index contributed by atoms with van der Waals surface area (Å²) >= 11 is 0. The lowest BCUT2D eigenvalue weighted by Gasteiger charge is -2.47. The van der Waals surface area contributed by atoms with Crippen LogP contribution in [0.1, 0.15) is 27.7 Å². The SMILES string of the molecule is CC(=O)C1=C(OP(=O)(Oc2ccccc2)Oc2ccccc2)[C@H](C)[C@@H]2[C@@H](C(C)C)C(=O)N12. The Morgan fingerprint density at radius 2 is 1.44 bits per heavy atom. The fraction of sp³-hybridized carbons (Fsp3) is 0.333. The minimum absolute atomic E-state index is 0.103. The van der Waals surface area contributed by atoms with Crippen molar-refractivity contribution in [3.8, 4) is 11.5 Å². The van der Waals surface area contributed by atoms with Crippen LogP contribution in [-0.4, -0.2) is 22.6 Å². The van der Waals surface area contributed by atoms with E-state index in [0.29, 0.717) is 11.5 Å². The Balaban J connectivity index is 1.71. The molecule has 8 heteroatoms. The lowest BCUT2D eigenvalue weighted by Crippen LogP contribution is -2.61. The van der Waals surface area contributed by atoms with E-state index in [2.05, 4.69) is 0 Å². The molecule has 0 unspecified atom stereocenters. The van der Waals surface area contributed by atoms with Gasteiger partial charge in [-0.1, -0.05) is 57.2 Å². The molecule has 2 heterocycles. The molecular formula is C24H26NO6P.